The zero-order valence-electron chi connectivity index (χ0n) is 30.9. The molecule has 2 aliphatic carbocycles. The summed E-state index contributed by atoms with van der Waals surface area (Å²) in [6.07, 6.45) is 0. The molecule has 0 saturated carbocycles. The molecule has 0 N–H and O–H groups in total. The van der Waals surface area contributed by atoms with Crippen LogP contribution in [0.3, 0.4) is 0 Å². The second-order valence-electron chi connectivity index (χ2n) is 16.1. The van der Waals surface area contributed by atoms with E-state index in [1.807, 2.05) is 0 Å². The third-order valence-electron chi connectivity index (χ3n) is 12.5. The maximum Gasteiger partial charge on any atom is 0.143 e. The van der Waals surface area contributed by atoms with Gasteiger partial charge in [0.1, 0.15) is 11.2 Å². The molecule has 9 aromatic rings. The standard InChI is InChI=1S/C52H39NO/c1-51(2)43-16-9-7-14-38(43)40-27-23-34(30-45(40)51)32-20-24-35(25-21-32)53(36-26-29-41-39-15-8-10-17-44(39)52(3,4)46(41)31-36)47-18-11-19-48-49(47)42-28-22-33-12-5-6-13-37(33)50(42)54-48/h5-31H,1-4H3. The van der Waals surface area contributed by atoms with E-state index < -0.39 is 0 Å². The van der Waals surface area contributed by atoms with Gasteiger partial charge in [0.25, 0.3) is 0 Å². The molecule has 0 fully saturated rings. The largest absolute Gasteiger partial charge is 0.455 e. The molecule has 0 saturated heterocycles. The van der Waals surface area contributed by atoms with Crippen LogP contribution in [0, 0.1) is 0 Å². The van der Waals surface area contributed by atoms with Gasteiger partial charge < -0.3 is 9.32 Å². The van der Waals surface area contributed by atoms with Crippen molar-refractivity contribution in [2.24, 2.45) is 0 Å². The lowest BCUT2D eigenvalue weighted by Crippen LogP contribution is -2.16. The van der Waals surface area contributed by atoms with Crippen molar-refractivity contribution in [1.82, 2.24) is 0 Å². The molecule has 54 heavy (non-hydrogen) atoms. The maximum absolute atomic E-state index is 6.70. The molecular weight excluding hydrogens is 655 g/mol. The highest BCUT2D eigenvalue weighted by Crippen LogP contribution is 2.53. The van der Waals surface area contributed by atoms with Crippen LogP contribution in [0.5, 0.6) is 0 Å². The highest BCUT2D eigenvalue weighted by Gasteiger charge is 2.37. The molecule has 0 spiro atoms. The molecule has 0 radical (unpaired) electrons. The Bertz CT molecular complexity index is 3000. The molecule has 0 aliphatic heterocycles. The molecule has 2 heteroatoms. The predicted molar refractivity (Wildman–Crippen MR) is 226 cm³/mol. The highest BCUT2D eigenvalue weighted by molar-refractivity contribution is 6.19. The Hall–Kier alpha value is -6.38. The third kappa shape index (κ3) is 4.28. The number of anilines is 3. The minimum absolute atomic E-state index is 0.0446. The molecule has 2 nitrogen and oxygen atoms in total. The Morgan fingerprint density at radius 3 is 1.76 bits per heavy atom. The molecule has 0 unspecified atom stereocenters. The predicted octanol–water partition coefficient (Wildman–Crippen LogP) is 14.5. The third-order valence-corrected chi connectivity index (χ3v) is 12.5. The zero-order chi connectivity index (χ0) is 36.3. The van der Waals surface area contributed by atoms with E-state index in [0.717, 1.165) is 44.4 Å². The van der Waals surface area contributed by atoms with E-state index in [1.54, 1.807) is 0 Å². The van der Waals surface area contributed by atoms with Crippen LogP contribution in [-0.2, 0) is 10.8 Å². The van der Waals surface area contributed by atoms with E-state index in [2.05, 4.69) is 196 Å². The summed E-state index contributed by atoms with van der Waals surface area (Å²) in [7, 11) is 0. The van der Waals surface area contributed by atoms with Crippen LogP contribution in [0.1, 0.15) is 49.9 Å². The second kappa shape index (κ2) is 11.1. The fourth-order valence-corrected chi connectivity index (χ4v) is 9.67. The normalized spacial score (nSPS) is 14.6. The Morgan fingerprint density at radius 2 is 1.02 bits per heavy atom. The van der Waals surface area contributed by atoms with Crippen LogP contribution in [0.2, 0.25) is 0 Å². The van der Waals surface area contributed by atoms with Crippen LogP contribution < -0.4 is 4.90 Å². The van der Waals surface area contributed by atoms with Gasteiger partial charge in [-0.05, 0) is 110 Å². The van der Waals surface area contributed by atoms with Crippen molar-refractivity contribution in [1.29, 1.82) is 0 Å². The van der Waals surface area contributed by atoms with Crippen LogP contribution in [0.15, 0.2) is 168 Å². The SMILES string of the molecule is CC1(C)c2ccccc2-c2ccc(-c3ccc(N(c4ccc5c(c4)C(C)(C)c4ccccc4-5)c4cccc5oc6c7ccccc7ccc6c45)cc3)cc21. The number of hydrogen-bond donors (Lipinski definition) is 0. The first kappa shape index (κ1) is 31.2. The van der Waals surface area contributed by atoms with E-state index in [0.29, 0.717) is 0 Å². The highest BCUT2D eigenvalue weighted by atomic mass is 16.3. The molecule has 1 heterocycles. The number of rotatable bonds is 4. The molecule has 11 rings (SSSR count). The molecule has 2 aliphatic rings. The first-order valence-electron chi connectivity index (χ1n) is 19.0. The van der Waals surface area contributed by atoms with Gasteiger partial charge in [0.15, 0.2) is 0 Å². The fourth-order valence-electron chi connectivity index (χ4n) is 9.67. The number of benzene rings is 8. The van der Waals surface area contributed by atoms with Crippen LogP contribution in [0.4, 0.5) is 17.1 Å². The molecule has 0 atom stereocenters. The number of fused-ring (bicyclic) bond motifs is 11. The van der Waals surface area contributed by atoms with Gasteiger partial charge >= 0.3 is 0 Å². The maximum atomic E-state index is 6.70. The van der Waals surface area contributed by atoms with Crippen molar-refractivity contribution in [2.45, 2.75) is 38.5 Å². The lowest BCUT2D eigenvalue weighted by molar-refractivity contribution is 0.660. The summed E-state index contributed by atoms with van der Waals surface area (Å²) in [5, 5.41) is 4.55. The van der Waals surface area contributed by atoms with Crippen molar-refractivity contribution in [2.75, 3.05) is 4.90 Å². The fraction of sp³-hybridized carbons (Fsp3) is 0.115. The topological polar surface area (TPSA) is 16.4 Å². The Labute approximate surface area is 315 Å². The number of hydrogen-bond acceptors (Lipinski definition) is 2. The molecule has 258 valence electrons. The van der Waals surface area contributed by atoms with Crippen molar-refractivity contribution in [3.05, 3.63) is 186 Å². The van der Waals surface area contributed by atoms with E-state index in [4.69, 9.17) is 4.42 Å². The second-order valence-corrected chi connectivity index (χ2v) is 16.1. The average molecular weight is 694 g/mol. The van der Waals surface area contributed by atoms with Crippen LogP contribution >= 0.6 is 0 Å². The average Bonchev–Trinajstić information content (AvgIpc) is 3.79. The van der Waals surface area contributed by atoms with Gasteiger partial charge in [0.05, 0.1) is 11.1 Å². The van der Waals surface area contributed by atoms with Gasteiger partial charge in [-0.2, -0.15) is 0 Å². The van der Waals surface area contributed by atoms with Crippen molar-refractivity contribution in [3.63, 3.8) is 0 Å². The summed E-state index contributed by atoms with van der Waals surface area (Å²) in [5.41, 5.74) is 18.3. The minimum atomic E-state index is -0.119. The molecule has 1 aromatic heterocycles. The smallest absolute Gasteiger partial charge is 0.143 e. The summed E-state index contributed by atoms with van der Waals surface area (Å²) in [4.78, 5) is 2.43. The Balaban J connectivity index is 1.09. The van der Waals surface area contributed by atoms with Crippen molar-refractivity contribution < 1.29 is 4.42 Å². The zero-order valence-corrected chi connectivity index (χ0v) is 30.9. The molecule has 8 aromatic carbocycles. The van der Waals surface area contributed by atoms with Gasteiger partial charge in [0, 0.05) is 33.0 Å². The van der Waals surface area contributed by atoms with E-state index in [1.165, 1.54) is 61.0 Å². The Morgan fingerprint density at radius 1 is 0.426 bits per heavy atom. The summed E-state index contributed by atoms with van der Waals surface area (Å²) in [6, 6.07) is 60.3. The van der Waals surface area contributed by atoms with Crippen LogP contribution in [-0.4, -0.2) is 0 Å². The van der Waals surface area contributed by atoms with Gasteiger partial charge in [0.2, 0.25) is 0 Å². The summed E-state index contributed by atoms with van der Waals surface area (Å²) >= 11 is 0. The van der Waals surface area contributed by atoms with Crippen LogP contribution in [0.25, 0.3) is 66.1 Å². The lowest BCUT2D eigenvalue weighted by atomic mass is 9.81. The Kier molecular flexibility index (Phi) is 6.39. The van der Waals surface area contributed by atoms with Crippen molar-refractivity contribution >= 4 is 49.8 Å². The minimum Gasteiger partial charge on any atom is -0.455 e. The molecule has 0 bridgehead atoms. The number of nitrogens with zero attached hydrogens (tertiary/aromatic N) is 1. The first-order chi connectivity index (χ1) is 26.3. The van der Waals surface area contributed by atoms with Gasteiger partial charge in [-0.25, -0.2) is 0 Å². The number of furan rings is 1. The van der Waals surface area contributed by atoms with Crippen molar-refractivity contribution in [3.8, 4) is 33.4 Å². The first-order valence-corrected chi connectivity index (χ1v) is 19.0. The summed E-state index contributed by atoms with van der Waals surface area (Å²) in [5.74, 6) is 0. The van der Waals surface area contributed by atoms with E-state index >= 15 is 0 Å². The summed E-state index contributed by atoms with van der Waals surface area (Å²) < 4.78 is 6.70. The van der Waals surface area contributed by atoms with Gasteiger partial charge in [-0.1, -0.05) is 143 Å². The van der Waals surface area contributed by atoms with E-state index in [-0.39, 0.29) is 10.8 Å². The summed E-state index contributed by atoms with van der Waals surface area (Å²) in [6.45, 7) is 9.41. The van der Waals surface area contributed by atoms with E-state index in [9.17, 15) is 0 Å². The molecule has 0 amide bonds. The lowest BCUT2D eigenvalue weighted by Gasteiger charge is -2.29. The van der Waals surface area contributed by atoms with Gasteiger partial charge in [-0.3, -0.25) is 0 Å². The quantitative estimate of drug-likeness (QED) is 0.182. The van der Waals surface area contributed by atoms with Gasteiger partial charge in [-0.15, -0.1) is 0 Å². The monoisotopic (exact) mass is 693 g/mol. The molecular formula is C52H39NO.